The van der Waals surface area contributed by atoms with E-state index in [9.17, 15) is 13.2 Å². The molecule has 2 heterocycles. The fraction of sp³-hybridized carbons (Fsp3) is 0.208. The van der Waals surface area contributed by atoms with Crippen LogP contribution in [0.4, 0.5) is 5.69 Å². The number of anilines is 1. The van der Waals surface area contributed by atoms with E-state index in [1.54, 1.807) is 18.2 Å². The lowest BCUT2D eigenvalue weighted by atomic mass is 10.2. The number of benzene rings is 3. The lowest BCUT2D eigenvalue weighted by Crippen LogP contribution is -2.40. The molecule has 0 fully saturated rings. The smallest absolute Gasteiger partial charge is 0.265 e. The van der Waals surface area contributed by atoms with Gasteiger partial charge < -0.3 is 14.8 Å². The molecule has 0 saturated carbocycles. The second-order valence-corrected chi connectivity index (χ2v) is 10.0. The molecule has 3 aromatic carbocycles. The average Bonchev–Trinajstić information content (AvgIpc) is 3.28. The molecule has 1 atom stereocenters. The van der Waals surface area contributed by atoms with Gasteiger partial charge in [-0.2, -0.15) is 0 Å². The molecule has 1 amide bonds. The van der Waals surface area contributed by atoms with E-state index in [0.717, 1.165) is 5.56 Å². The van der Waals surface area contributed by atoms with Crippen LogP contribution in [0.2, 0.25) is 5.02 Å². The van der Waals surface area contributed by atoms with Gasteiger partial charge in [0.25, 0.3) is 15.9 Å². The van der Waals surface area contributed by atoms with Crippen LogP contribution in [0.15, 0.2) is 71.6 Å². The van der Waals surface area contributed by atoms with Gasteiger partial charge in [0.05, 0.1) is 17.3 Å². The van der Waals surface area contributed by atoms with E-state index >= 15 is 0 Å². The van der Waals surface area contributed by atoms with E-state index in [-0.39, 0.29) is 28.1 Å². The fourth-order valence-corrected chi connectivity index (χ4v) is 6.00. The first kappa shape index (κ1) is 21.6. The van der Waals surface area contributed by atoms with Gasteiger partial charge in [0.2, 0.25) is 0 Å². The van der Waals surface area contributed by atoms with Crippen LogP contribution in [0.1, 0.15) is 15.9 Å². The van der Waals surface area contributed by atoms with Crippen molar-refractivity contribution in [3.8, 4) is 11.5 Å². The first-order chi connectivity index (χ1) is 15.9. The molecule has 0 aromatic heterocycles. The molecule has 0 spiro atoms. The molecule has 2 aliphatic heterocycles. The summed E-state index contributed by atoms with van der Waals surface area (Å²) in [6.07, 6.45) is 0.264. The summed E-state index contributed by atoms with van der Waals surface area (Å²) in [5, 5.41) is 2.85. The summed E-state index contributed by atoms with van der Waals surface area (Å²) >= 11 is 6.26. The summed E-state index contributed by atoms with van der Waals surface area (Å²) < 4.78 is 39.6. The highest BCUT2D eigenvalue weighted by atomic mass is 35.5. The second-order valence-electron chi connectivity index (χ2n) is 7.81. The highest BCUT2D eigenvalue weighted by molar-refractivity contribution is 7.93. The molecular formula is C24H21ClN2O5S. The Morgan fingerprint density at radius 3 is 2.67 bits per heavy atom. The molecule has 0 bridgehead atoms. The number of carbonyl (C=O) groups is 1. The minimum atomic E-state index is -3.93. The van der Waals surface area contributed by atoms with Crippen molar-refractivity contribution >= 4 is 33.2 Å². The largest absolute Gasteiger partial charge is 0.486 e. The quantitative estimate of drug-likeness (QED) is 0.597. The third-order valence-electron chi connectivity index (χ3n) is 5.66. The van der Waals surface area contributed by atoms with E-state index < -0.39 is 15.9 Å². The minimum Gasteiger partial charge on any atom is -0.486 e. The van der Waals surface area contributed by atoms with Gasteiger partial charge in [-0.15, -0.1) is 0 Å². The number of halogens is 1. The second kappa shape index (κ2) is 8.61. The number of para-hydroxylation sites is 3. The topological polar surface area (TPSA) is 84.9 Å². The van der Waals surface area contributed by atoms with E-state index in [1.807, 2.05) is 30.3 Å². The van der Waals surface area contributed by atoms with Gasteiger partial charge in [0.1, 0.15) is 17.6 Å². The zero-order chi connectivity index (χ0) is 23.0. The molecule has 0 radical (unpaired) electrons. The average molecular weight is 485 g/mol. The van der Waals surface area contributed by atoms with Crippen molar-refractivity contribution in [2.45, 2.75) is 17.4 Å². The van der Waals surface area contributed by atoms with Crippen LogP contribution in [0.5, 0.6) is 11.5 Å². The van der Waals surface area contributed by atoms with Crippen LogP contribution >= 0.6 is 11.6 Å². The summed E-state index contributed by atoms with van der Waals surface area (Å²) in [6, 6.07) is 18.9. The predicted octanol–water partition coefficient (Wildman–Crippen LogP) is 3.66. The summed E-state index contributed by atoms with van der Waals surface area (Å²) in [4.78, 5) is 12.7. The molecule has 0 unspecified atom stereocenters. The first-order valence-corrected chi connectivity index (χ1v) is 12.3. The van der Waals surface area contributed by atoms with Crippen LogP contribution in [0, 0.1) is 0 Å². The van der Waals surface area contributed by atoms with Gasteiger partial charge >= 0.3 is 0 Å². The van der Waals surface area contributed by atoms with Crippen molar-refractivity contribution in [3.05, 3.63) is 82.9 Å². The number of amides is 1. The van der Waals surface area contributed by atoms with Gasteiger partial charge in [0.15, 0.2) is 11.5 Å². The number of sulfonamides is 1. The van der Waals surface area contributed by atoms with Gasteiger partial charge in [-0.05, 0) is 48.4 Å². The number of nitrogens with zero attached hydrogens (tertiary/aromatic N) is 1. The standard InChI is InChI=1S/C24H21ClN2O5S/c25-19-10-9-17(24(28)26-14-18-15-31-21-7-3-4-8-22(21)32-18)13-23(19)33(29,30)27-12-11-16-5-1-2-6-20(16)27/h1-10,13,18H,11-12,14-15H2,(H,26,28)/t18-/m0/s1. The molecule has 2 aliphatic rings. The number of fused-ring (bicyclic) bond motifs is 2. The minimum absolute atomic E-state index is 0.0663. The number of rotatable bonds is 5. The highest BCUT2D eigenvalue weighted by Crippen LogP contribution is 2.35. The van der Waals surface area contributed by atoms with Gasteiger partial charge in [0, 0.05) is 12.1 Å². The summed E-state index contributed by atoms with van der Waals surface area (Å²) in [6.45, 7) is 0.832. The summed E-state index contributed by atoms with van der Waals surface area (Å²) in [7, 11) is -3.93. The zero-order valence-electron chi connectivity index (χ0n) is 17.5. The number of hydrogen-bond acceptors (Lipinski definition) is 5. The Balaban J connectivity index is 1.32. The molecule has 1 N–H and O–H groups in total. The number of hydrogen-bond donors (Lipinski definition) is 1. The Bertz CT molecular complexity index is 1330. The van der Waals surface area contributed by atoms with E-state index in [2.05, 4.69) is 5.32 Å². The number of ether oxygens (including phenoxy) is 2. The third kappa shape index (κ3) is 4.12. The molecule has 5 rings (SSSR count). The van der Waals surface area contributed by atoms with E-state index in [4.69, 9.17) is 21.1 Å². The van der Waals surface area contributed by atoms with E-state index in [1.165, 1.54) is 22.5 Å². The van der Waals surface area contributed by atoms with Crippen molar-refractivity contribution < 1.29 is 22.7 Å². The van der Waals surface area contributed by atoms with Gasteiger partial charge in [-0.3, -0.25) is 9.10 Å². The van der Waals surface area contributed by atoms with Crippen molar-refractivity contribution in [1.82, 2.24) is 5.32 Å². The van der Waals surface area contributed by atoms with Crippen LogP contribution in [-0.4, -0.2) is 40.1 Å². The van der Waals surface area contributed by atoms with Crippen molar-refractivity contribution in [3.63, 3.8) is 0 Å². The maximum atomic E-state index is 13.4. The molecule has 0 saturated heterocycles. The zero-order valence-corrected chi connectivity index (χ0v) is 19.1. The van der Waals surface area contributed by atoms with Crippen molar-refractivity contribution in [2.75, 3.05) is 24.0 Å². The predicted molar refractivity (Wildman–Crippen MR) is 125 cm³/mol. The van der Waals surface area contributed by atoms with Gasteiger partial charge in [-0.25, -0.2) is 8.42 Å². The maximum absolute atomic E-state index is 13.4. The first-order valence-electron chi connectivity index (χ1n) is 10.5. The Kier molecular flexibility index (Phi) is 5.64. The van der Waals surface area contributed by atoms with E-state index in [0.29, 0.717) is 36.8 Å². The third-order valence-corrected chi connectivity index (χ3v) is 7.96. The Morgan fingerprint density at radius 2 is 1.82 bits per heavy atom. The lowest BCUT2D eigenvalue weighted by Gasteiger charge is -2.26. The molecule has 9 heteroatoms. The SMILES string of the molecule is O=C(NC[C@H]1COc2ccccc2O1)c1ccc(Cl)c(S(=O)(=O)N2CCc3ccccc32)c1. The molecule has 7 nitrogen and oxygen atoms in total. The maximum Gasteiger partial charge on any atom is 0.265 e. The summed E-state index contributed by atoms with van der Waals surface area (Å²) in [5.41, 5.74) is 1.79. The number of nitrogens with one attached hydrogen (secondary N) is 1. The number of carbonyl (C=O) groups excluding carboxylic acids is 1. The van der Waals surface area contributed by atoms with Crippen LogP contribution in [0.25, 0.3) is 0 Å². The van der Waals surface area contributed by atoms with Crippen LogP contribution < -0.4 is 19.1 Å². The molecular weight excluding hydrogens is 464 g/mol. The van der Waals surface area contributed by atoms with Crippen molar-refractivity contribution in [2.24, 2.45) is 0 Å². The Hall–Kier alpha value is -3.23. The fourth-order valence-electron chi connectivity index (χ4n) is 3.99. The highest BCUT2D eigenvalue weighted by Gasteiger charge is 2.32. The van der Waals surface area contributed by atoms with Crippen LogP contribution in [-0.2, 0) is 16.4 Å². The van der Waals surface area contributed by atoms with Crippen molar-refractivity contribution in [1.29, 1.82) is 0 Å². The van der Waals surface area contributed by atoms with Crippen LogP contribution in [0.3, 0.4) is 0 Å². The molecule has 170 valence electrons. The van der Waals surface area contributed by atoms with Gasteiger partial charge in [-0.1, -0.05) is 41.9 Å². The molecule has 0 aliphatic carbocycles. The normalized spacial score (nSPS) is 16.9. The Morgan fingerprint density at radius 1 is 1.06 bits per heavy atom. The monoisotopic (exact) mass is 484 g/mol. The Labute approximate surface area is 196 Å². The lowest BCUT2D eigenvalue weighted by molar-refractivity contribution is 0.0789. The summed E-state index contributed by atoms with van der Waals surface area (Å²) in [5.74, 6) is 0.859. The molecule has 33 heavy (non-hydrogen) atoms. The molecule has 3 aromatic rings.